The predicted octanol–water partition coefficient (Wildman–Crippen LogP) is 4.12. The normalized spacial score (nSPS) is 20.2. The Balaban J connectivity index is 1.56. The van der Waals surface area contributed by atoms with E-state index >= 15 is 4.39 Å². The summed E-state index contributed by atoms with van der Waals surface area (Å²) in [6.07, 6.45) is -6.83. The van der Waals surface area contributed by atoms with Crippen molar-refractivity contribution in [2.24, 2.45) is 0 Å². The number of anilines is 1. The van der Waals surface area contributed by atoms with Crippen molar-refractivity contribution in [1.82, 2.24) is 5.32 Å². The maximum atomic E-state index is 15.6. The molecule has 262 valence electrons. The minimum atomic E-state index is -2.16. The Labute approximate surface area is 288 Å². The van der Waals surface area contributed by atoms with Crippen LogP contribution in [0.15, 0.2) is 48.5 Å². The second-order valence-corrected chi connectivity index (χ2v) is 11.6. The number of hydrogen-bond donors (Lipinski definition) is 1. The smallest absolute Gasteiger partial charge is 0.311 e. The molecule has 0 saturated carbocycles. The molecule has 2 aromatic carbocycles. The molecule has 3 rings (SSSR count). The number of aryl methyl sites for hydroxylation is 1. The lowest BCUT2D eigenvalue weighted by Crippen LogP contribution is -2.63. The Kier molecular flexibility index (Phi) is 15.4. The number of alkyl halides is 3. The van der Waals surface area contributed by atoms with Gasteiger partial charge in [0, 0.05) is 63.3 Å². The van der Waals surface area contributed by atoms with Crippen molar-refractivity contribution in [2.45, 2.75) is 70.7 Å². The zero-order chi connectivity index (χ0) is 35.2. The summed E-state index contributed by atoms with van der Waals surface area (Å²) in [4.78, 5) is 62.4. The van der Waals surface area contributed by atoms with Crippen molar-refractivity contribution < 1.29 is 52.0 Å². The highest BCUT2D eigenvalue weighted by Crippen LogP contribution is 2.28. The molecule has 1 saturated heterocycles. The molecule has 1 aliphatic heterocycles. The van der Waals surface area contributed by atoms with Crippen LogP contribution >= 0.6 is 23.2 Å². The second kappa shape index (κ2) is 19.2. The van der Waals surface area contributed by atoms with Crippen molar-refractivity contribution >= 4 is 58.7 Å². The van der Waals surface area contributed by atoms with E-state index in [-0.39, 0.29) is 17.7 Å². The zero-order valence-electron chi connectivity index (χ0n) is 26.8. The predicted molar refractivity (Wildman–Crippen MR) is 174 cm³/mol. The summed E-state index contributed by atoms with van der Waals surface area (Å²) in [7, 11) is 0. The fraction of sp³-hybridized carbons (Fsp3) is 0.485. The summed E-state index contributed by atoms with van der Waals surface area (Å²) in [5.41, 5.74) is 2.16. The summed E-state index contributed by atoms with van der Waals surface area (Å²) in [5.74, 6) is -2.40. The molecule has 1 heterocycles. The minimum absolute atomic E-state index is 0.0763. The first kappa shape index (κ1) is 38.5. The van der Waals surface area contributed by atoms with Gasteiger partial charge in [-0.25, -0.2) is 4.39 Å². The molecule has 12 nitrogen and oxygen atoms in total. The topological polar surface area (TPSA) is 147 Å². The van der Waals surface area contributed by atoms with E-state index in [9.17, 15) is 24.0 Å². The molecule has 48 heavy (non-hydrogen) atoms. The number of nitrogens with one attached hydrogen (secondary N) is 1. The van der Waals surface area contributed by atoms with E-state index in [0.717, 1.165) is 32.0 Å². The molecule has 1 N–H and O–H groups in total. The van der Waals surface area contributed by atoms with Gasteiger partial charge in [-0.2, -0.15) is 0 Å². The summed E-state index contributed by atoms with van der Waals surface area (Å²) < 4.78 is 41.8. The molecular formula is C33H39Cl2FN2O10. The lowest BCUT2D eigenvalue weighted by Gasteiger charge is -2.42. The quantitative estimate of drug-likeness (QED) is 0.116. The summed E-state index contributed by atoms with van der Waals surface area (Å²) >= 11 is 11.8. The number of rotatable bonds is 16. The van der Waals surface area contributed by atoms with Crippen molar-refractivity contribution in [2.75, 3.05) is 36.4 Å². The zero-order valence-corrected chi connectivity index (χ0v) is 28.3. The number of ether oxygens (including phenoxy) is 5. The van der Waals surface area contributed by atoms with Crippen molar-refractivity contribution in [1.29, 1.82) is 0 Å². The lowest BCUT2D eigenvalue weighted by atomic mass is 9.98. The Bertz CT molecular complexity index is 1390. The van der Waals surface area contributed by atoms with Gasteiger partial charge in [0.05, 0.1) is 0 Å². The summed E-state index contributed by atoms with van der Waals surface area (Å²) in [5, 5.41) is 2.37. The maximum absolute atomic E-state index is 15.6. The maximum Gasteiger partial charge on any atom is 0.311 e. The van der Waals surface area contributed by atoms with Gasteiger partial charge in [0.15, 0.2) is 24.6 Å². The van der Waals surface area contributed by atoms with E-state index in [1.807, 2.05) is 24.3 Å². The van der Waals surface area contributed by atoms with Gasteiger partial charge in [-0.1, -0.05) is 12.1 Å². The van der Waals surface area contributed by atoms with Gasteiger partial charge in [0.1, 0.15) is 18.5 Å². The Morgan fingerprint density at radius 2 is 1.46 bits per heavy atom. The monoisotopic (exact) mass is 712 g/mol. The van der Waals surface area contributed by atoms with Gasteiger partial charge >= 0.3 is 23.9 Å². The summed E-state index contributed by atoms with van der Waals surface area (Å²) in [6.45, 7) is 4.15. The van der Waals surface area contributed by atoms with Crippen LogP contribution in [-0.2, 0) is 44.5 Å². The third-order valence-corrected chi connectivity index (χ3v) is 7.49. The van der Waals surface area contributed by atoms with Crippen LogP contribution in [0, 0.1) is 0 Å². The average Bonchev–Trinajstić information content (AvgIpc) is 3.03. The van der Waals surface area contributed by atoms with Gasteiger partial charge < -0.3 is 33.9 Å². The number of hydrogen-bond acceptors (Lipinski definition) is 11. The highest BCUT2D eigenvalue weighted by Gasteiger charge is 2.51. The van der Waals surface area contributed by atoms with Gasteiger partial charge in [-0.15, -0.1) is 23.2 Å². The molecule has 0 radical (unpaired) electrons. The standard InChI is InChI=1S/C33H39Cl2FN2O10/c1-20(39)44-19-27-30(45-21(2)40)31(46-22(3)41)29(36)33(48-27)37-32(43)24-9-13-26(14-10-24)47-28(42)6-4-5-23-7-11-25(12-8-23)38(17-15-34)18-16-35/h7-14,27,29-31,33H,4-6,15-19H2,1-3H3,(H,37,43)/t27-,29-,30-,31-,33-/m1/s1. The number of halogens is 3. The van der Waals surface area contributed by atoms with E-state index in [1.165, 1.54) is 24.3 Å². The molecule has 5 atom stereocenters. The van der Waals surface area contributed by atoms with E-state index in [1.54, 1.807) is 0 Å². The van der Waals surface area contributed by atoms with Crippen LogP contribution in [0.3, 0.4) is 0 Å². The Hall–Kier alpha value is -3.94. The van der Waals surface area contributed by atoms with Crippen LogP contribution in [0.1, 0.15) is 49.5 Å². The van der Waals surface area contributed by atoms with E-state index in [2.05, 4.69) is 10.2 Å². The Morgan fingerprint density at radius 3 is 2.02 bits per heavy atom. The molecule has 15 heteroatoms. The summed E-state index contributed by atoms with van der Waals surface area (Å²) in [6, 6.07) is 13.6. The van der Waals surface area contributed by atoms with Gasteiger partial charge in [-0.05, 0) is 54.8 Å². The first-order chi connectivity index (χ1) is 22.9. The molecule has 0 spiro atoms. The number of esters is 4. The van der Waals surface area contributed by atoms with Crippen LogP contribution in [0.2, 0.25) is 0 Å². The van der Waals surface area contributed by atoms with Crippen molar-refractivity contribution in [3.63, 3.8) is 0 Å². The van der Waals surface area contributed by atoms with Crippen molar-refractivity contribution in [3.05, 3.63) is 59.7 Å². The third kappa shape index (κ3) is 11.9. The first-order valence-electron chi connectivity index (χ1n) is 15.3. The van der Waals surface area contributed by atoms with Crippen LogP contribution in [-0.4, -0.2) is 92.0 Å². The van der Waals surface area contributed by atoms with Gasteiger partial charge in [-0.3, -0.25) is 24.0 Å². The minimum Gasteiger partial charge on any atom is -0.463 e. The Morgan fingerprint density at radius 1 is 0.854 bits per heavy atom. The number of carbonyl (C=O) groups is 5. The van der Waals surface area contributed by atoms with Crippen LogP contribution in [0.4, 0.5) is 10.1 Å². The average molecular weight is 714 g/mol. The van der Waals surface area contributed by atoms with Gasteiger partial charge in [0.25, 0.3) is 5.91 Å². The van der Waals surface area contributed by atoms with E-state index < -0.39 is 67.1 Å². The van der Waals surface area contributed by atoms with Crippen LogP contribution in [0.25, 0.3) is 0 Å². The first-order valence-corrected chi connectivity index (χ1v) is 16.3. The largest absolute Gasteiger partial charge is 0.463 e. The highest BCUT2D eigenvalue weighted by molar-refractivity contribution is 6.18. The number of carbonyl (C=O) groups excluding carboxylic acids is 5. The number of benzene rings is 2. The van der Waals surface area contributed by atoms with Crippen LogP contribution in [0.5, 0.6) is 5.75 Å². The number of amides is 1. The fourth-order valence-corrected chi connectivity index (χ4v) is 5.37. The molecule has 1 amide bonds. The molecule has 0 aliphatic carbocycles. The lowest BCUT2D eigenvalue weighted by molar-refractivity contribution is -0.238. The molecule has 1 aliphatic rings. The van der Waals surface area contributed by atoms with Crippen molar-refractivity contribution in [3.8, 4) is 5.75 Å². The highest BCUT2D eigenvalue weighted by atomic mass is 35.5. The SMILES string of the molecule is CC(=O)OC[C@H]1O[C@@H](NC(=O)c2ccc(OC(=O)CCCc3ccc(N(CCCl)CCCl)cc3)cc2)[C@H](F)[C@@H](OC(C)=O)[C@@H]1OC(C)=O. The third-order valence-electron chi connectivity index (χ3n) is 7.15. The fourth-order valence-electron chi connectivity index (χ4n) is 4.97. The van der Waals surface area contributed by atoms with E-state index in [4.69, 9.17) is 46.9 Å². The molecular weight excluding hydrogens is 674 g/mol. The molecule has 0 unspecified atom stereocenters. The molecule has 0 aromatic heterocycles. The second-order valence-electron chi connectivity index (χ2n) is 10.8. The molecule has 0 bridgehead atoms. The van der Waals surface area contributed by atoms with Crippen LogP contribution < -0.4 is 15.0 Å². The van der Waals surface area contributed by atoms with E-state index in [0.29, 0.717) is 37.7 Å². The molecule has 1 fully saturated rings. The number of nitrogens with zero attached hydrogens (tertiary/aromatic N) is 1. The molecule has 2 aromatic rings. The van der Waals surface area contributed by atoms with Gasteiger partial charge in [0.2, 0.25) is 0 Å².